The van der Waals surface area contributed by atoms with Crippen molar-refractivity contribution in [1.29, 1.82) is 0 Å². The lowest BCUT2D eigenvalue weighted by atomic mass is 10.3. The smallest absolute Gasteiger partial charge is 0.341 e. The molecule has 0 atom stereocenters. The van der Waals surface area contributed by atoms with Crippen LogP contribution in [0.1, 0.15) is 0 Å². The van der Waals surface area contributed by atoms with Crippen LogP contribution in [0.5, 0.6) is 5.75 Å². The molecule has 20 heavy (non-hydrogen) atoms. The monoisotopic (exact) mass is 282 g/mol. The Hall–Kier alpha value is -2.77. The first-order valence-electron chi connectivity index (χ1n) is 5.57. The zero-order valence-corrected chi connectivity index (χ0v) is 10.7. The molecule has 0 aliphatic rings. The summed E-state index contributed by atoms with van der Waals surface area (Å²) < 4.78 is 9.33. The van der Waals surface area contributed by atoms with Crippen molar-refractivity contribution in [2.75, 3.05) is 25.6 Å². The summed E-state index contributed by atoms with van der Waals surface area (Å²) >= 11 is 0. The highest BCUT2D eigenvalue weighted by Crippen LogP contribution is 2.17. The molecule has 0 spiro atoms. The summed E-state index contributed by atoms with van der Waals surface area (Å²) in [6.07, 6.45) is 0. The van der Waals surface area contributed by atoms with E-state index in [9.17, 15) is 14.4 Å². The quantitative estimate of drug-likeness (QED) is 0.652. The Kier molecular flexibility index (Phi) is 5.82. The predicted molar refractivity (Wildman–Crippen MR) is 68.6 cm³/mol. The number of carbonyl (C=O) groups excluding carboxylic acids is 2. The van der Waals surface area contributed by atoms with Crippen molar-refractivity contribution in [1.82, 2.24) is 5.32 Å². The molecule has 0 saturated heterocycles. The van der Waals surface area contributed by atoms with Crippen molar-refractivity contribution in [3.8, 4) is 5.75 Å². The Morgan fingerprint density at radius 3 is 2.70 bits per heavy atom. The molecule has 0 saturated carbocycles. The van der Waals surface area contributed by atoms with E-state index in [0.29, 0.717) is 11.4 Å². The number of carboxylic acids is 1. The topological polar surface area (TPSA) is 114 Å². The third-order valence-corrected chi connectivity index (χ3v) is 2.08. The number of nitrogens with one attached hydrogen (secondary N) is 2. The number of rotatable bonds is 6. The van der Waals surface area contributed by atoms with E-state index in [0.717, 1.165) is 0 Å². The molecule has 0 aliphatic heterocycles. The molecule has 0 aromatic heterocycles. The molecule has 0 bridgehead atoms. The van der Waals surface area contributed by atoms with Crippen LogP contribution >= 0.6 is 0 Å². The number of hydrogen-bond donors (Lipinski definition) is 3. The number of methoxy groups -OCH3 is 1. The first kappa shape index (κ1) is 15.3. The average molecular weight is 282 g/mol. The van der Waals surface area contributed by atoms with Gasteiger partial charge in [-0.05, 0) is 12.1 Å². The molecule has 1 rings (SSSR count). The highest BCUT2D eigenvalue weighted by atomic mass is 16.5. The minimum absolute atomic E-state index is 0.252. The lowest BCUT2D eigenvalue weighted by Crippen LogP contribution is -2.33. The molecule has 3 N–H and O–H groups in total. The minimum Gasteiger partial charge on any atom is -0.482 e. The molecule has 0 radical (unpaired) electrons. The standard InChI is InChI=1S/C12H14N2O6/c1-19-11(17)6-13-12(18)14-8-3-2-4-9(5-8)20-7-10(15)16/h2-5H,6-7H2,1H3,(H,15,16)(H2,13,14,18). The molecule has 108 valence electrons. The first-order chi connectivity index (χ1) is 9.51. The van der Waals surface area contributed by atoms with Gasteiger partial charge in [0, 0.05) is 11.8 Å². The summed E-state index contributed by atoms with van der Waals surface area (Å²) in [7, 11) is 1.21. The van der Waals surface area contributed by atoms with Gasteiger partial charge in [0.25, 0.3) is 0 Å². The Morgan fingerprint density at radius 1 is 1.30 bits per heavy atom. The van der Waals surface area contributed by atoms with Crippen LogP contribution in [0.25, 0.3) is 0 Å². The zero-order valence-electron chi connectivity index (χ0n) is 10.7. The number of esters is 1. The van der Waals surface area contributed by atoms with Crippen molar-refractivity contribution in [3.05, 3.63) is 24.3 Å². The second-order valence-electron chi connectivity index (χ2n) is 3.59. The number of amides is 2. The molecule has 8 nitrogen and oxygen atoms in total. The average Bonchev–Trinajstić information content (AvgIpc) is 2.43. The SMILES string of the molecule is COC(=O)CNC(=O)Nc1cccc(OCC(=O)O)c1. The van der Waals surface area contributed by atoms with E-state index in [1.54, 1.807) is 18.2 Å². The number of aliphatic carboxylic acids is 1. The maximum Gasteiger partial charge on any atom is 0.341 e. The Labute approximate surface area is 114 Å². The summed E-state index contributed by atoms with van der Waals surface area (Å²) in [5, 5.41) is 13.2. The zero-order chi connectivity index (χ0) is 15.0. The molecule has 8 heteroatoms. The van der Waals surface area contributed by atoms with Crippen molar-refractivity contribution in [2.24, 2.45) is 0 Å². The highest BCUT2D eigenvalue weighted by molar-refractivity contribution is 5.91. The van der Waals surface area contributed by atoms with Crippen LogP contribution in [-0.4, -0.2) is 43.3 Å². The van der Waals surface area contributed by atoms with Gasteiger partial charge in [-0.25, -0.2) is 9.59 Å². The van der Waals surface area contributed by atoms with Gasteiger partial charge >= 0.3 is 18.0 Å². The normalized spacial score (nSPS) is 9.45. The van der Waals surface area contributed by atoms with Gasteiger partial charge in [0.1, 0.15) is 12.3 Å². The lowest BCUT2D eigenvalue weighted by molar-refractivity contribution is -0.140. The number of hydrogen-bond acceptors (Lipinski definition) is 5. The maximum atomic E-state index is 11.4. The molecule has 1 aromatic rings. The van der Waals surface area contributed by atoms with E-state index in [1.165, 1.54) is 13.2 Å². The summed E-state index contributed by atoms with van der Waals surface area (Å²) in [4.78, 5) is 32.6. The molecular weight excluding hydrogens is 268 g/mol. The number of carbonyl (C=O) groups is 3. The fraction of sp³-hybridized carbons (Fsp3) is 0.250. The number of ether oxygens (including phenoxy) is 2. The third kappa shape index (κ3) is 5.71. The Morgan fingerprint density at radius 2 is 2.05 bits per heavy atom. The number of carboxylic acid groups (broad SMARTS) is 1. The van der Waals surface area contributed by atoms with E-state index in [2.05, 4.69) is 15.4 Å². The number of benzene rings is 1. The van der Waals surface area contributed by atoms with Crippen LogP contribution in [0.15, 0.2) is 24.3 Å². The Bertz CT molecular complexity index is 502. The van der Waals surface area contributed by atoms with E-state index >= 15 is 0 Å². The van der Waals surface area contributed by atoms with E-state index in [4.69, 9.17) is 9.84 Å². The summed E-state index contributed by atoms with van der Waals surface area (Å²) in [6, 6.07) is 5.60. The van der Waals surface area contributed by atoms with Gasteiger partial charge in [-0.1, -0.05) is 6.07 Å². The minimum atomic E-state index is -1.10. The van der Waals surface area contributed by atoms with Crippen molar-refractivity contribution < 1.29 is 29.0 Å². The number of urea groups is 1. The molecule has 0 unspecified atom stereocenters. The molecule has 0 fully saturated rings. The van der Waals surface area contributed by atoms with Crippen molar-refractivity contribution >= 4 is 23.7 Å². The lowest BCUT2D eigenvalue weighted by Gasteiger charge is -2.08. The summed E-state index contributed by atoms with van der Waals surface area (Å²) in [5.41, 5.74) is 0.398. The van der Waals surface area contributed by atoms with E-state index < -0.39 is 24.6 Å². The van der Waals surface area contributed by atoms with Gasteiger partial charge in [-0.2, -0.15) is 0 Å². The molecular formula is C12H14N2O6. The van der Waals surface area contributed by atoms with Gasteiger partial charge < -0.3 is 25.2 Å². The van der Waals surface area contributed by atoms with Crippen LogP contribution < -0.4 is 15.4 Å². The predicted octanol–water partition coefficient (Wildman–Crippen LogP) is 0.444. The molecule has 0 heterocycles. The van der Waals surface area contributed by atoms with Crippen LogP contribution in [0.2, 0.25) is 0 Å². The third-order valence-electron chi connectivity index (χ3n) is 2.08. The fourth-order valence-corrected chi connectivity index (χ4v) is 1.21. The largest absolute Gasteiger partial charge is 0.482 e. The van der Waals surface area contributed by atoms with Crippen LogP contribution in [0.4, 0.5) is 10.5 Å². The fourth-order valence-electron chi connectivity index (χ4n) is 1.21. The Balaban J connectivity index is 2.50. The molecule has 0 aliphatic carbocycles. The van der Waals surface area contributed by atoms with E-state index in [1.807, 2.05) is 0 Å². The van der Waals surface area contributed by atoms with Gasteiger partial charge in [0.15, 0.2) is 6.61 Å². The van der Waals surface area contributed by atoms with Gasteiger partial charge in [-0.15, -0.1) is 0 Å². The number of anilines is 1. The summed E-state index contributed by atoms with van der Waals surface area (Å²) in [5.74, 6) is -1.36. The van der Waals surface area contributed by atoms with Crippen LogP contribution in [-0.2, 0) is 14.3 Å². The first-order valence-corrected chi connectivity index (χ1v) is 5.57. The van der Waals surface area contributed by atoms with Crippen molar-refractivity contribution in [2.45, 2.75) is 0 Å². The van der Waals surface area contributed by atoms with Gasteiger partial charge in [-0.3, -0.25) is 4.79 Å². The highest BCUT2D eigenvalue weighted by Gasteiger charge is 2.06. The van der Waals surface area contributed by atoms with E-state index in [-0.39, 0.29) is 6.54 Å². The van der Waals surface area contributed by atoms with Gasteiger partial charge in [0.2, 0.25) is 0 Å². The molecule has 1 aromatic carbocycles. The van der Waals surface area contributed by atoms with Gasteiger partial charge in [0.05, 0.1) is 7.11 Å². The van der Waals surface area contributed by atoms with Crippen molar-refractivity contribution in [3.63, 3.8) is 0 Å². The van der Waals surface area contributed by atoms with Crippen LogP contribution in [0.3, 0.4) is 0 Å². The second kappa shape index (κ2) is 7.62. The summed E-state index contributed by atoms with van der Waals surface area (Å²) in [6.45, 7) is -0.727. The maximum absolute atomic E-state index is 11.4. The second-order valence-corrected chi connectivity index (χ2v) is 3.59. The van der Waals surface area contributed by atoms with Crippen LogP contribution in [0, 0.1) is 0 Å². The molecule has 2 amide bonds.